The Morgan fingerprint density at radius 3 is 1.93 bits per heavy atom. The number of hydrogen-bond acceptors (Lipinski definition) is 7. The molecule has 1 aliphatic rings. The van der Waals surface area contributed by atoms with Gasteiger partial charge in [-0.15, -0.1) is 5.06 Å². The van der Waals surface area contributed by atoms with E-state index in [9.17, 15) is 24.3 Å². The lowest BCUT2D eigenvalue weighted by Crippen LogP contribution is -2.64. The zero-order chi connectivity index (χ0) is 21.2. The molecule has 4 N–H and O–H groups in total. The van der Waals surface area contributed by atoms with Gasteiger partial charge in [-0.05, 0) is 40.5 Å². The van der Waals surface area contributed by atoms with Gasteiger partial charge in [-0.2, -0.15) is 0 Å². The number of carboxylic acid groups (broad SMARTS) is 2. The van der Waals surface area contributed by atoms with Gasteiger partial charge in [0.25, 0.3) is 0 Å². The zero-order valence-corrected chi connectivity index (χ0v) is 16.2. The molecule has 1 aliphatic heterocycles. The van der Waals surface area contributed by atoms with Crippen molar-refractivity contribution in [1.29, 1.82) is 0 Å². The van der Waals surface area contributed by atoms with Gasteiger partial charge in [-0.25, -0.2) is 4.79 Å². The maximum Gasteiger partial charge on any atom is 0.336 e. The van der Waals surface area contributed by atoms with E-state index in [-0.39, 0.29) is 11.9 Å². The smallest absolute Gasteiger partial charge is 0.336 e. The number of carbonyl (C=O) groups is 4. The minimum atomic E-state index is -2.76. The van der Waals surface area contributed by atoms with Crippen LogP contribution in [0.15, 0.2) is 0 Å². The molecule has 1 unspecified atom stereocenters. The Kier molecular flexibility index (Phi) is 6.61. The average molecular weight is 388 g/mol. The Morgan fingerprint density at radius 1 is 1.07 bits per heavy atom. The van der Waals surface area contributed by atoms with Gasteiger partial charge in [0, 0.05) is 13.0 Å². The van der Waals surface area contributed by atoms with E-state index in [1.165, 1.54) is 12.0 Å². The second-order valence-corrected chi connectivity index (χ2v) is 8.27. The number of carbonyl (C=O) groups excluding carboxylic acids is 2. The summed E-state index contributed by atoms with van der Waals surface area (Å²) >= 11 is 0. The number of rotatable bonds is 7. The van der Waals surface area contributed by atoms with E-state index in [0.717, 1.165) is 0 Å². The van der Waals surface area contributed by atoms with Crippen molar-refractivity contribution in [2.45, 2.75) is 83.0 Å². The van der Waals surface area contributed by atoms with E-state index in [4.69, 9.17) is 15.1 Å². The van der Waals surface area contributed by atoms with Gasteiger partial charge in [-0.1, -0.05) is 0 Å². The molecule has 0 aliphatic carbocycles. The van der Waals surface area contributed by atoms with Crippen molar-refractivity contribution in [2.75, 3.05) is 0 Å². The van der Waals surface area contributed by atoms with Crippen molar-refractivity contribution in [1.82, 2.24) is 10.4 Å². The minimum Gasteiger partial charge on any atom is -0.481 e. The number of hydroxylamine groups is 2. The summed E-state index contributed by atoms with van der Waals surface area (Å²) in [4.78, 5) is 51.0. The topological polar surface area (TPSA) is 153 Å². The molecule has 0 aromatic rings. The van der Waals surface area contributed by atoms with E-state index in [2.05, 4.69) is 5.32 Å². The first-order chi connectivity index (χ1) is 12.1. The molecule has 10 nitrogen and oxygen atoms in total. The second kappa shape index (κ2) is 7.81. The standard InChI is InChI=1S/C17H28N2O8/c1-10(20)18-11-6-15(2,3)19(16(4,5)7-11)27-13(23)9-17(26,14(24)25)8-12(21)22/h11,26H,6-9H2,1-5H3,(H,18,20)(H,21,22)(H,24,25). The van der Waals surface area contributed by atoms with E-state index in [1.54, 1.807) is 27.7 Å². The molecule has 0 spiro atoms. The van der Waals surface area contributed by atoms with E-state index in [0.29, 0.717) is 12.8 Å². The predicted molar refractivity (Wildman–Crippen MR) is 92.4 cm³/mol. The van der Waals surface area contributed by atoms with Crippen LogP contribution in [-0.2, 0) is 24.0 Å². The number of hydrogen-bond donors (Lipinski definition) is 4. The quantitative estimate of drug-likeness (QED) is 0.481. The fourth-order valence-corrected chi connectivity index (χ4v) is 3.74. The Morgan fingerprint density at radius 2 is 1.56 bits per heavy atom. The van der Waals surface area contributed by atoms with E-state index >= 15 is 0 Å². The highest BCUT2D eigenvalue weighted by molar-refractivity contribution is 5.88. The number of aliphatic hydroxyl groups is 1. The summed E-state index contributed by atoms with van der Waals surface area (Å²) < 4.78 is 0. The van der Waals surface area contributed by atoms with Crippen molar-refractivity contribution >= 4 is 23.8 Å². The van der Waals surface area contributed by atoms with Crippen LogP contribution in [0, 0.1) is 0 Å². The molecule has 154 valence electrons. The largest absolute Gasteiger partial charge is 0.481 e. The lowest BCUT2D eigenvalue weighted by molar-refractivity contribution is -0.270. The van der Waals surface area contributed by atoms with Crippen LogP contribution in [0.25, 0.3) is 0 Å². The van der Waals surface area contributed by atoms with Crippen molar-refractivity contribution in [3.05, 3.63) is 0 Å². The molecule has 1 amide bonds. The summed E-state index contributed by atoms with van der Waals surface area (Å²) in [6, 6.07) is -0.134. The molecule has 0 aromatic heterocycles. The number of nitrogens with one attached hydrogen (secondary N) is 1. The van der Waals surface area contributed by atoms with Gasteiger partial charge in [0.15, 0.2) is 5.60 Å². The van der Waals surface area contributed by atoms with Crippen LogP contribution in [0.5, 0.6) is 0 Å². The Labute approximate surface area is 157 Å². The van der Waals surface area contributed by atoms with E-state index < -0.39 is 47.4 Å². The highest BCUT2D eigenvalue weighted by Gasteiger charge is 2.49. The fourth-order valence-electron chi connectivity index (χ4n) is 3.74. The third-order valence-electron chi connectivity index (χ3n) is 4.47. The summed E-state index contributed by atoms with van der Waals surface area (Å²) in [5, 5.41) is 32.2. The van der Waals surface area contributed by atoms with Crippen LogP contribution < -0.4 is 5.32 Å². The molecule has 1 atom stereocenters. The number of amides is 1. The maximum atomic E-state index is 12.3. The predicted octanol–water partition coefficient (Wildman–Crippen LogP) is 0.283. The summed E-state index contributed by atoms with van der Waals surface area (Å²) in [5.74, 6) is -4.59. The fraction of sp³-hybridized carbons (Fsp3) is 0.765. The first-order valence-electron chi connectivity index (χ1n) is 8.55. The van der Waals surface area contributed by atoms with Gasteiger partial charge in [-0.3, -0.25) is 14.4 Å². The van der Waals surface area contributed by atoms with E-state index in [1.807, 2.05) is 0 Å². The van der Waals surface area contributed by atoms with Crippen LogP contribution >= 0.6 is 0 Å². The molecule has 10 heteroatoms. The van der Waals surface area contributed by atoms with Crippen LogP contribution in [0.2, 0.25) is 0 Å². The first kappa shape index (κ1) is 22.8. The van der Waals surface area contributed by atoms with Crippen molar-refractivity contribution in [2.24, 2.45) is 0 Å². The molecule has 1 rings (SSSR count). The number of piperidine rings is 1. The van der Waals surface area contributed by atoms with Crippen molar-refractivity contribution < 1.29 is 39.3 Å². The van der Waals surface area contributed by atoms with Gasteiger partial charge < -0.3 is 25.5 Å². The molecular weight excluding hydrogens is 360 g/mol. The molecule has 27 heavy (non-hydrogen) atoms. The van der Waals surface area contributed by atoms with Gasteiger partial charge in [0.1, 0.15) is 0 Å². The van der Waals surface area contributed by atoms with Crippen LogP contribution in [0.4, 0.5) is 0 Å². The first-order valence-corrected chi connectivity index (χ1v) is 8.55. The van der Waals surface area contributed by atoms with Crippen molar-refractivity contribution in [3.63, 3.8) is 0 Å². The highest BCUT2D eigenvalue weighted by atomic mass is 16.7. The molecule has 1 fully saturated rings. The third kappa shape index (κ3) is 5.90. The Bertz CT molecular complexity index is 612. The summed E-state index contributed by atoms with van der Waals surface area (Å²) in [7, 11) is 0. The van der Waals surface area contributed by atoms with Gasteiger partial charge >= 0.3 is 17.9 Å². The minimum absolute atomic E-state index is 0.134. The lowest BCUT2D eigenvalue weighted by Gasteiger charge is -2.52. The normalized spacial score (nSPS) is 21.7. The summed E-state index contributed by atoms with van der Waals surface area (Å²) in [5.41, 5.74) is -4.15. The molecule has 1 heterocycles. The molecular formula is C17H28N2O8. The van der Waals surface area contributed by atoms with Crippen LogP contribution in [0.1, 0.15) is 60.3 Å². The Hall–Kier alpha value is -2.20. The monoisotopic (exact) mass is 388 g/mol. The number of carboxylic acids is 2. The van der Waals surface area contributed by atoms with Gasteiger partial charge in [0.2, 0.25) is 5.91 Å². The Balaban J connectivity index is 2.95. The summed E-state index contributed by atoms with van der Waals surface area (Å²) in [6.07, 6.45) is -1.19. The van der Waals surface area contributed by atoms with Crippen molar-refractivity contribution in [3.8, 4) is 0 Å². The second-order valence-electron chi connectivity index (χ2n) is 8.27. The molecule has 0 radical (unpaired) electrons. The third-order valence-corrected chi connectivity index (χ3v) is 4.47. The van der Waals surface area contributed by atoms with Crippen LogP contribution in [-0.4, -0.2) is 66.9 Å². The van der Waals surface area contributed by atoms with Crippen LogP contribution in [0.3, 0.4) is 0 Å². The molecule has 1 saturated heterocycles. The average Bonchev–Trinajstić information content (AvgIpc) is 2.40. The maximum absolute atomic E-state index is 12.3. The molecule has 0 saturated carbocycles. The lowest BCUT2D eigenvalue weighted by atomic mass is 9.79. The summed E-state index contributed by atoms with van der Waals surface area (Å²) in [6.45, 7) is 8.63. The molecule has 0 aromatic carbocycles. The number of nitrogens with zero attached hydrogens (tertiary/aromatic N) is 1. The highest BCUT2D eigenvalue weighted by Crippen LogP contribution is 2.39. The SMILES string of the molecule is CC(=O)NC1CC(C)(C)N(OC(=O)CC(O)(CC(=O)O)C(=O)O)C(C)(C)C1. The van der Waals surface area contributed by atoms with Gasteiger partial charge in [0.05, 0.1) is 23.9 Å². The zero-order valence-electron chi connectivity index (χ0n) is 16.2. The number of aliphatic carboxylic acids is 2. The molecule has 0 bridgehead atoms.